The van der Waals surface area contributed by atoms with E-state index in [0.29, 0.717) is 11.5 Å². The Bertz CT molecular complexity index is 567. The maximum absolute atomic E-state index is 11.9. The molecule has 1 aliphatic carbocycles. The number of hydrazone groups is 1. The fourth-order valence-corrected chi connectivity index (χ4v) is 2.46. The number of carbonyl (C=O) groups excluding carboxylic acids is 1. The molecule has 0 spiro atoms. The molecule has 5 heteroatoms. The summed E-state index contributed by atoms with van der Waals surface area (Å²) in [5.74, 6) is 0.355. The van der Waals surface area contributed by atoms with Crippen LogP contribution in [0.3, 0.4) is 0 Å². The standard InChI is InChI=1S/C15H19N3O2/c19-9-2-1-7-18-8-3-4-12(18)10-13-14(11-5-6-11)16-17-15(13)20/h3-4,8,10-11,19H,1-2,5-7,9H2,(H,17,20). The topological polar surface area (TPSA) is 66.6 Å². The molecule has 5 nitrogen and oxygen atoms in total. The second-order valence-corrected chi connectivity index (χ2v) is 5.33. The van der Waals surface area contributed by atoms with Crippen LogP contribution in [0.4, 0.5) is 0 Å². The molecule has 3 rings (SSSR count). The normalized spacial score (nSPS) is 20.4. The summed E-state index contributed by atoms with van der Waals surface area (Å²) in [6.45, 7) is 1.07. The third kappa shape index (κ3) is 2.67. The summed E-state index contributed by atoms with van der Waals surface area (Å²) in [7, 11) is 0. The van der Waals surface area contributed by atoms with Crippen LogP contribution in [0.2, 0.25) is 0 Å². The summed E-state index contributed by atoms with van der Waals surface area (Å²) in [5, 5.41) is 13.0. The van der Waals surface area contributed by atoms with Crippen molar-refractivity contribution in [2.45, 2.75) is 32.2 Å². The number of amides is 1. The number of aliphatic hydroxyl groups excluding tert-OH is 1. The zero-order valence-electron chi connectivity index (χ0n) is 11.4. The molecule has 1 aromatic rings. The largest absolute Gasteiger partial charge is 0.396 e. The highest BCUT2D eigenvalue weighted by molar-refractivity contribution is 6.28. The van der Waals surface area contributed by atoms with E-state index in [4.69, 9.17) is 5.11 Å². The van der Waals surface area contributed by atoms with Gasteiger partial charge in [0.2, 0.25) is 0 Å². The Morgan fingerprint density at radius 1 is 1.45 bits per heavy atom. The van der Waals surface area contributed by atoms with Crippen molar-refractivity contribution in [1.29, 1.82) is 0 Å². The number of nitrogens with one attached hydrogen (secondary N) is 1. The van der Waals surface area contributed by atoms with Crippen LogP contribution in [-0.2, 0) is 11.3 Å². The van der Waals surface area contributed by atoms with E-state index in [1.807, 2.05) is 24.4 Å². The fraction of sp³-hybridized carbons (Fsp3) is 0.467. The molecule has 106 valence electrons. The predicted molar refractivity (Wildman–Crippen MR) is 77.0 cm³/mol. The van der Waals surface area contributed by atoms with Crippen molar-refractivity contribution in [3.8, 4) is 0 Å². The number of aromatic nitrogens is 1. The molecule has 2 heterocycles. The minimum absolute atomic E-state index is 0.102. The molecule has 0 atom stereocenters. The van der Waals surface area contributed by atoms with Crippen molar-refractivity contribution in [2.75, 3.05) is 6.61 Å². The summed E-state index contributed by atoms with van der Waals surface area (Å²) in [4.78, 5) is 11.9. The number of rotatable bonds is 6. The molecule has 1 amide bonds. The third-order valence-electron chi connectivity index (χ3n) is 3.73. The highest BCUT2D eigenvalue weighted by Gasteiger charge is 2.35. The van der Waals surface area contributed by atoms with Gasteiger partial charge in [0, 0.05) is 31.0 Å². The van der Waals surface area contributed by atoms with Gasteiger partial charge in [-0.15, -0.1) is 0 Å². The lowest BCUT2D eigenvalue weighted by Crippen LogP contribution is -2.14. The van der Waals surface area contributed by atoms with Gasteiger partial charge in [-0.2, -0.15) is 5.10 Å². The van der Waals surface area contributed by atoms with Gasteiger partial charge in [0.1, 0.15) is 0 Å². The number of aliphatic hydroxyl groups is 1. The molecule has 1 aliphatic heterocycles. The monoisotopic (exact) mass is 273 g/mol. The number of carbonyl (C=O) groups is 1. The fourth-order valence-electron chi connectivity index (χ4n) is 2.46. The van der Waals surface area contributed by atoms with Crippen molar-refractivity contribution in [3.63, 3.8) is 0 Å². The second-order valence-electron chi connectivity index (χ2n) is 5.33. The van der Waals surface area contributed by atoms with Gasteiger partial charge in [0.25, 0.3) is 5.91 Å². The summed E-state index contributed by atoms with van der Waals surface area (Å²) in [6, 6.07) is 3.98. The minimum atomic E-state index is -0.102. The van der Waals surface area contributed by atoms with Crippen LogP contribution >= 0.6 is 0 Å². The summed E-state index contributed by atoms with van der Waals surface area (Å²) in [5.41, 5.74) is 5.20. The van der Waals surface area contributed by atoms with Gasteiger partial charge in [-0.1, -0.05) is 0 Å². The summed E-state index contributed by atoms with van der Waals surface area (Å²) in [6.07, 6.45) is 7.91. The quantitative estimate of drug-likeness (QED) is 0.610. The molecule has 0 bridgehead atoms. The van der Waals surface area contributed by atoms with E-state index < -0.39 is 0 Å². The number of unbranched alkanes of at least 4 members (excludes halogenated alkanes) is 1. The van der Waals surface area contributed by atoms with Crippen LogP contribution < -0.4 is 5.43 Å². The van der Waals surface area contributed by atoms with Gasteiger partial charge in [-0.25, -0.2) is 5.43 Å². The van der Waals surface area contributed by atoms with Crippen LogP contribution in [0.15, 0.2) is 29.0 Å². The average Bonchev–Trinajstić information content (AvgIpc) is 3.09. The van der Waals surface area contributed by atoms with Crippen molar-refractivity contribution in [2.24, 2.45) is 11.0 Å². The van der Waals surface area contributed by atoms with Gasteiger partial charge in [0.05, 0.1) is 11.3 Å². The zero-order valence-corrected chi connectivity index (χ0v) is 11.4. The maximum atomic E-state index is 11.9. The summed E-state index contributed by atoms with van der Waals surface area (Å²) >= 11 is 0. The van der Waals surface area contributed by atoms with Crippen molar-refractivity contribution < 1.29 is 9.90 Å². The van der Waals surface area contributed by atoms with Crippen LogP contribution in [0.5, 0.6) is 0 Å². The highest BCUT2D eigenvalue weighted by Crippen LogP contribution is 2.35. The van der Waals surface area contributed by atoms with Gasteiger partial charge < -0.3 is 9.67 Å². The molecule has 0 aromatic carbocycles. The first-order valence-corrected chi connectivity index (χ1v) is 7.15. The number of nitrogens with zero attached hydrogens (tertiary/aromatic N) is 2. The number of hydrogen-bond donors (Lipinski definition) is 2. The Morgan fingerprint density at radius 2 is 2.30 bits per heavy atom. The van der Waals surface area contributed by atoms with Crippen LogP contribution in [0.1, 0.15) is 31.4 Å². The van der Waals surface area contributed by atoms with Crippen LogP contribution in [0.25, 0.3) is 6.08 Å². The molecule has 2 N–H and O–H groups in total. The van der Waals surface area contributed by atoms with Gasteiger partial charge in [0.15, 0.2) is 0 Å². The molecular weight excluding hydrogens is 254 g/mol. The van der Waals surface area contributed by atoms with E-state index >= 15 is 0 Å². The van der Waals surface area contributed by atoms with Gasteiger partial charge in [-0.3, -0.25) is 4.79 Å². The van der Waals surface area contributed by atoms with E-state index in [-0.39, 0.29) is 12.5 Å². The Kier molecular flexibility index (Phi) is 3.69. The second kappa shape index (κ2) is 5.63. The van der Waals surface area contributed by atoms with Crippen molar-refractivity contribution in [3.05, 3.63) is 29.6 Å². The first kappa shape index (κ1) is 13.1. The van der Waals surface area contributed by atoms with E-state index in [9.17, 15) is 4.79 Å². The van der Waals surface area contributed by atoms with Crippen molar-refractivity contribution in [1.82, 2.24) is 9.99 Å². The SMILES string of the molecule is O=C1NN=C(C2CC2)C1=Cc1cccn1CCCCO. The molecular formula is C15H19N3O2. The molecule has 20 heavy (non-hydrogen) atoms. The maximum Gasteiger partial charge on any atom is 0.273 e. The van der Waals surface area contributed by atoms with Crippen LogP contribution in [-0.4, -0.2) is 27.9 Å². The lowest BCUT2D eigenvalue weighted by Gasteiger charge is -2.06. The Hall–Kier alpha value is -1.88. The molecule has 0 saturated heterocycles. The van der Waals surface area contributed by atoms with E-state index in [1.165, 1.54) is 0 Å². The average molecular weight is 273 g/mol. The lowest BCUT2D eigenvalue weighted by atomic mass is 10.1. The minimum Gasteiger partial charge on any atom is -0.396 e. The zero-order chi connectivity index (χ0) is 13.9. The lowest BCUT2D eigenvalue weighted by molar-refractivity contribution is -0.116. The smallest absolute Gasteiger partial charge is 0.273 e. The van der Waals surface area contributed by atoms with Crippen LogP contribution in [0, 0.1) is 5.92 Å². The van der Waals surface area contributed by atoms with E-state index in [0.717, 1.165) is 43.6 Å². The predicted octanol–water partition coefficient (Wildman–Crippen LogP) is 1.54. The molecule has 1 fully saturated rings. The number of hydrogen-bond acceptors (Lipinski definition) is 3. The molecule has 0 unspecified atom stereocenters. The molecule has 0 radical (unpaired) electrons. The van der Waals surface area contributed by atoms with Gasteiger partial charge >= 0.3 is 0 Å². The Labute approximate surface area is 118 Å². The third-order valence-corrected chi connectivity index (χ3v) is 3.73. The van der Waals surface area contributed by atoms with E-state index in [1.54, 1.807) is 0 Å². The Morgan fingerprint density at radius 3 is 3.05 bits per heavy atom. The highest BCUT2D eigenvalue weighted by atomic mass is 16.2. The first-order valence-electron chi connectivity index (χ1n) is 7.15. The van der Waals surface area contributed by atoms with E-state index in [2.05, 4.69) is 15.1 Å². The van der Waals surface area contributed by atoms with Gasteiger partial charge in [-0.05, 0) is 43.9 Å². The van der Waals surface area contributed by atoms with Crippen molar-refractivity contribution >= 4 is 17.7 Å². The molecule has 1 aromatic heterocycles. The molecule has 1 saturated carbocycles. The Balaban J connectivity index is 1.79. The summed E-state index contributed by atoms with van der Waals surface area (Å²) < 4.78 is 2.11. The molecule has 2 aliphatic rings. The number of aryl methyl sites for hydroxylation is 1. The first-order chi connectivity index (χ1) is 9.79.